The molecule has 8 heteroatoms. The van der Waals surface area contributed by atoms with Crippen LogP contribution in [0.25, 0.3) is 0 Å². The van der Waals surface area contributed by atoms with Crippen LogP contribution in [0, 0.1) is 0 Å². The minimum atomic E-state index is -0.703. The Labute approximate surface area is 176 Å². The predicted molar refractivity (Wildman–Crippen MR) is 112 cm³/mol. The smallest absolute Gasteiger partial charge is 0.407 e. The molecule has 1 aromatic rings. The van der Waals surface area contributed by atoms with Crippen LogP contribution in [-0.4, -0.2) is 48.0 Å². The Morgan fingerprint density at radius 1 is 1.17 bits per heavy atom. The second-order valence-electron chi connectivity index (χ2n) is 8.21. The monoisotopic (exact) mass is 423 g/mol. The van der Waals surface area contributed by atoms with E-state index in [9.17, 15) is 14.4 Å². The van der Waals surface area contributed by atoms with E-state index < -0.39 is 23.6 Å². The van der Waals surface area contributed by atoms with Gasteiger partial charge in [-0.1, -0.05) is 24.3 Å². The molecule has 0 aliphatic heterocycles. The molecule has 0 heterocycles. The van der Waals surface area contributed by atoms with E-state index in [0.717, 1.165) is 12.8 Å². The average molecular weight is 424 g/mol. The summed E-state index contributed by atoms with van der Waals surface area (Å²) in [4.78, 5) is 36.2. The summed E-state index contributed by atoms with van der Waals surface area (Å²) in [7, 11) is 0. The maximum absolute atomic E-state index is 12.7. The summed E-state index contributed by atoms with van der Waals surface area (Å²) >= 11 is 5.58. The zero-order valence-electron chi connectivity index (χ0n) is 17.2. The number of rotatable bonds is 8. The number of carbonyl (C=O) groups excluding carboxylic acids is 3. The highest BCUT2D eigenvalue weighted by Gasteiger charge is 2.27. The standard InChI is InChI=1S/C21H30ClN3O4/c1-21(2,3)29-20(28)23-10-6-9-17(25-18(26)13-22)19(27)24-16-11-14-7-4-5-8-15(14)12-16/h4-5,7-8,16-17H,6,9-13H2,1-3H3,(H,23,28)(H,24,27)(H,25,26)/t17-/m1/s1. The van der Waals surface area contributed by atoms with Crippen LogP contribution in [0.3, 0.4) is 0 Å². The molecular formula is C21H30ClN3O4. The van der Waals surface area contributed by atoms with Crippen molar-refractivity contribution in [1.29, 1.82) is 0 Å². The third-order valence-electron chi connectivity index (χ3n) is 4.51. The zero-order valence-corrected chi connectivity index (χ0v) is 18.0. The first-order chi connectivity index (χ1) is 13.7. The number of nitrogens with one attached hydrogen (secondary N) is 3. The van der Waals surface area contributed by atoms with Crippen LogP contribution in [0.15, 0.2) is 24.3 Å². The van der Waals surface area contributed by atoms with Gasteiger partial charge >= 0.3 is 6.09 Å². The van der Waals surface area contributed by atoms with Gasteiger partial charge in [0.05, 0.1) is 0 Å². The Morgan fingerprint density at radius 3 is 2.34 bits per heavy atom. The maximum Gasteiger partial charge on any atom is 0.407 e. The van der Waals surface area contributed by atoms with Crippen molar-refractivity contribution in [2.24, 2.45) is 0 Å². The lowest BCUT2D eigenvalue weighted by Gasteiger charge is -2.22. The Kier molecular flexibility index (Phi) is 8.32. The quantitative estimate of drug-likeness (QED) is 0.441. The molecule has 0 aromatic heterocycles. The number of halogens is 1. The summed E-state index contributed by atoms with van der Waals surface area (Å²) in [6.07, 6.45) is 1.93. The molecule has 0 fully saturated rings. The van der Waals surface area contributed by atoms with Gasteiger partial charge in [-0.2, -0.15) is 0 Å². The van der Waals surface area contributed by atoms with E-state index in [2.05, 4.69) is 28.1 Å². The second kappa shape index (κ2) is 10.5. The normalized spacial score (nSPS) is 14.6. The number of ether oxygens (including phenoxy) is 1. The second-order valence-corrected chi connectivity index (χ2v) is 8.47. The summed E-state index contributed by atoms with van der Waals surface area (Å²) in [5.74, 6) is -0.852. The SMILES string of the molecule is CC(C)(C)OC(=O)NCCC[C@@H](NC(=O)CCl)C(=O)NC1Cc2ccccc2C1. The van der Waals surface area contributed by atoms with E-state index in [-0.39, 0.29) is 17.8 Å². The Hall–Kier alpha value is -2.28. The molecule has 2 rings (SSSR count). The van der Waals surface area contributed by atoms with Crippen molar-refractivity contribution in [3.8, 4) is 0 Å². The van der Waals surface area contributed by atoms with E-state index >= 15 is 0 Å². The fraction of sp³-hybridized carbons (Fsp3) is 0.571. The van der Waals surface area contributed by atoms with Crippen LogP contribution >= 0.6 is 11.6 Å². The maximum atomic E-state index is 12.7. The highest BCUT2D eigenvalue weighted by Crippen LogP contribution is 2.21. The van der Waals surface area contributed by atoms with Crippen molar-refractivity contribution in [3.63, 3.8) is 0 Å². The number of alkyl halides is 1. The molecule has 1 atom stereocenters. The van der Waals surface area contributed by atoms with Gasteiger partial charge in [0.2, 0.25) is 11.8 Å². The van der Waals surface area contributed by atoms with Crippen LogP contribution in [0.2, 0.25) is 0 Å². The fourth-order valence-corrected chi connectivity index (χ4v) is 3.35. The lowest BCUT2D eigenvalue weighted by Crippen LogP contribution is -2.50. The van der Waals surface area contributed by atoms with E-state index in [4.69, 9.17) is 16.3 Å². The third-order valence-corrected chi connectivity index (χ3v) is 4.75. The average Bonchev–Trinajstić information content (AvgIpc) is 3.04. The van der Waals surface area contributed by atoms with Crippen molar-refractivity contribution in [2.45, 2.75) is 64.1 Å². The molecule has 0 bridgehead atoms. The first kappa shape index (κ1) is 23.0. The van der Waals surface area contributed by atoms with Crippen molar-refractivity contribution in [2.75, 3.05) is 12.4 Å². The first-order valence-corrected chi connectivity index (χ1v) is 10.4. The molecular weight excluding hydrogens is 394 g/mol. The number of benzene rings is 1. The molecule has 0 unspecified atom stereocenters. The van der Waals surface area contributed by atoms with Crippen LogP contribution in [0.5, 0.6) is 0 Å². The molecule has 1 aliphatic rings. The number of alkyl carbamates (subject to hydrolysis) is 1. The molecule has 0 saturated heterocycles. The predicted octanol–water partition coefficient (Wildman–Crippen LogP) is 2.30. The molecule has 1 aromatic carbocycles. The number of hydrogen-bond donors (Lipinski definition) is 3. The van der Waals surface area contributed by atoms with Crippen LogP contribution in [0.1, 0.15) is 44.7 Å². The molecule has 0 radical (unpaired) electrons. The lowest BCUT2D eigenvalue weighted by atomic mass is 10.1. The number of hydrogen-bond acceptors (Lipinski definition) is 4. The van der Waals surface area contributed by atoms with E-state index in [1.54, 1.807) is 20.8 Å². The number of carbonyl (C=O) groups is 3. The van der Waals surface area contributed by atoms with Crippen molar-refractivity contribution < 1.29 is 19.1 Å². The molecule has 160 valence electrons. The summed E-state index contributed by atoms with van der Waals surface area (Å²) in [5.41, 5.74) is 1.90. The molecule has 29 heavy (non-hydrogen) atoms. The van der Waals surface area contributed by atoms with Gasteiger partial charge in [0.15, 0.2) is 0 Å². The first-order valence-electron chi connectivity index (χ1n) is 9.87. The van der Waals surface area contributed by atoms with Crippen LogP contribution < -0.4 is 16.0 Å². The van der Waals surface area contributed by atoms with Crippen molar-refractivity contribution >= 4 is 29.5 Å². The minimum absolute atomic E-state index is 0.00944. The van der Waals surface area contributed by atoms with Gasteiger partial charge in [-0.3, -0.25) is 9.59 Å². The van der Waals surface area contributed by atoms with Crippen LogP contribution in [0.4, 0.5) is 4.79 Å². The third kappa shape index (κ3) is 7.93. The van der Waals surface area contributed by atoms with E-state index in [1.807, 2.05) is 12.1 Å². The van der Waals surface area contributed by atoms with E-state index in [0.29, 0.717) is 19.4 Å². The van der Waals surface area contributed by atoms with Gasteiger partial charge in [-0.25, -0.2) is 4.79 Å². The molecule has 7 nitrogen and oxygen atoms in total. The number of amides is 3. The minimum Gasteiger partial charge on any atom is -0.444 e. The Balaban J connectivity index is 1.83. The van der Waals surface area contributed by atoms with Gasteiger partial charge < -0.3 is 20.7 Å². The zero-order chi connectivity index (χ0) is 21.4. The molecule has 3 N–H and O–H groups in total. The fourth-order valence-electron chi connectivity index (χ4n) is 3.28. The van der Waals surface area contributed by atoms with Crippen molar-refractivity contribution in [1.82, 2.24) is 16.0 Å². The topological polar surface area (TPSA) is 96.5 Å². The molecule has 1 aliphatic carbocycles. The van der Waals surface area contributed by atoms with E-state index in [1.165, 1.54) is 11.1 Å². The Morgan fingerprint density at radius 2 is 1.79 bits per heavy atom. The molecule has 3 amide bonds. The highest BCUT2D eigenvalue weighted by molar-refractivity contribution is 6.27. The van der Waals surface area contributed by atoms with Gasteiger partial charge in [0.25, 0.3) is 0 Å². The summed E-state index contributed by atoms with van der Waals surface area (Å²) in [6.45, 7) is 5.70. The summed E-state index contributed by atoms with van der Waals surface area (Å²) < 4.78 is 5.18. The Bertz CT molecular complexity index is 708. The number of fused-ring (bicyclic) bond motifs is 1. The van der Waals surface area contributed by atoms with Crippen molar-refractivity contribution in [3.05, 3.63) is 35.4 Å². The largest absolute Gasteiger partial charge is 0.444 e. The molecule has 0 spiro atoms. The highest BCUT2D eigenvalue weighted by atomic mass is 35.5. The molecule has 0 saturated carbocycles. The van der Waals surface area contributed by atoms with Crippen LogP contribution in [-0.2, 0) is 27.2 Å². The van der Waals surface area contributed by atoms with Gasteiger partial charge in [-0.05, 0) is 57.6 Å². The van der Waals surface area contributed by atoms with Gasteiger partial charge in [-0.15, -0.1) is 11.6 Å². The summed E-state index contributed by atoms with van der Waals surface area (Å²) in [6, 6.07) is 7.42. The lowest BCUT2D eigenvalue weighted by molar-refractivity contribution is -0.128. The van der Waals surface area contributed by atoms with Gasteiger partial charge in [0.1, 0.15) is 17.5 Å². The summed E-state index contributed by atoms with van der Waals surface area (Å²) in [5, 5.41) is 8.34. The van der Waals surface area contributed by atoms with Gasteiger partial charge in [0, 0.05) is 12.6 Å².